The molecule has 90 valence electrons. The van der Waals surface area contributed by atoms with E-state index in [4.69, 9.17) is 0 Å². The van der Waals surface area contributed by atoms with Crippen LogP contribution in [0.25, 0.3) is 10.9 Å². The third-order valence-corrected chi connectivity index (χ3v) is 3.26. The van der Waals surface area contributed by atoms with Crippen molar-refractivity contribution >= 4 is 32.8 Å². The van der Waals surface area contributed by atoms with Gasteiger partial charge in [0.05, 0.1) is 10.9 Å². The molecule has 17 heavy (non-hydrogen) atoms. The van der Waals surface area contributed by atoms with Gasteiger partial charge < -0.3 is 4.90 Å². The van der Waals surface area contributed by atoms with Crippen LogP contribution < -0.4 is 10.5 Å². The van der Waals surface area contributed by atoms with E-state index in [1.54, 1.807) is 11.6 Å². The van der Waals surface area contributed by atoms with Crippen LogP contribution in [0.5, 0.6) is 0 Å². The molecule has 0 N–H and O–H groups in total. The standard InChI is InChI=1S/C12H14BrN3O/c1-7-5-8-10(9(13)6-7)14-12(15(2)3)16(4)11(8)17/h5-6H,1-4H3. The van der Waals surface area contributed by atoms with E-state index in [0.29, 0.717) is 16.9 Å². The molecule has 4 nitrogen and oxygen atoms in total. The van der Waals surface area contributed by atoms with Gasteiger partial charge in [-0.25, -0.2) is 4.98 Å². The van der Waals surface area contributed by atoms with Crippen molar-refractivity contribution in [3.63, 3.8) is 0 Å². The zero-order valence-corrected chi connectivity index (χ0v) is 11.9. The Balaban J connectivity index is 2.96. The predicted octanol–water partition coefficient (Wildman–Crippen LogP) is 2.07. The van der Waals surface area contributed by atoms with Gasteiger partial charge in [-0.1, -0.05) is 0 Å². The smallest absolute Gasteiger partial charge is 0.262 e. The van der Waals surface area contributed by atoms with Gasteiger partial charge in [-0.15, -0.1) is 0 Å². The van der Waals surface area contributed by atoms with Gasteiger partial charge in [0.15, 0.2) is 0 Å². The molecule has 0 fully saturated rings. The van der Waals surface area contributed by atoms with Crippen molar-refractivity contribution < 1.29 is 0 Å². The second kappa shape index (κ2) is 4.14. The van der Waals surface area contributed by atoms with Crippen molar-refractivity contribution in [1.29, 1.82) is 0 Å². The minimum absolute atomic E-state index is 0.0249. The second-order valence-electron chi connectivity index (χ2n) is 4.31. The fraction of sp³-hybridized carbons (Fsp3) is 0.333. The molecular formula is C12H14BrN3O. The number of halogens is 1. The lowest BCUT2D eigenvalue weighted by Gasteiger charge is -2.16. The molecule has 1 heterocycles. The Bertz CT molecular complexity index is 646. The summed E-state index contributed by atoms with van der Waals surface area (Å²) < 4.78 is 2.42. The Kier molecular flexibility index (Phi) is 2.95. The molecule has 1 aromatic heterocycles. The summed E-state index contributed by atoms with van der Waals surface area (Å²) in [6, 6.07) is 3.84. The van der Waals surface area contributed by atoms with Gasteiger partial charge in [0.25, 0.3) is 5.56 Å². The number of hydrogen-bond donors (Lipinski definition) is 0. The van der Waals surface area contributed by atoms with Crippen LogP contribution in [-0.4, -0.2) is 23.6 Å². The van der Waals surface area contributed by atoms with Crippen molar-refractivity contribution in [3.8, 4) is 0 Å². The van der Waals surface area contributed by atoms with Gasteiger partial charge in [-0.05, 0) is 40.5 Å². The molecule has 0 saturated carbocycles. The Morgan fingerprint density at radius 1 is 1.35 bits per heavy atom. The number of hydrogen-bond acceptors (Lipinski definition) is 3. The van der Waals surface area contributed by atoms with E-state index in [0.717, 1.165) is 10.0 Å². The molecule has 0 spiro atoms. The van der Waals surface area contributed by atoms with Crippen LogP contribution in [-0.2, 0) is 7.05 Å². The van der Waals surface area contributed by atoms with E-state index in [2.05, 4.69) is 20.9 Å². The van der Waals surface area contributed by atoms with Gasteiger partial charge in [0, 0.05) is 25.6 Å². The Morgan fingerprint density at radius 2 is 2.00 bits per heavy atom. The summed E-state index contributed by atoms with van der Waals surface area (Å²) in [6.45, 7) is 1.96. The van der Waals surface area contributed by atoms with E-state index >= 15 is 0 Å². The van der Waals surface area contributed by atoms with Crippen LogP contribution in [0.4, 0.5) is 5.95 Å². The lowest BCUT2D eigenvalue weighted by Crippen LogP contribution is -2.26. The summed E-state index contributed by atoms with van der Waals surface area (Å²) in [5.74, 6) is 0.645. The number of anilines is 1. The van der Waals surface area contributed by atoms with E-state index in [1.807, 2.05) is 38.1 Å². The summed E-state index contributed by atoms with van der Waals surface area (Å²) in [6.07, 6.45) is 0. The molecule has 0 atom stereocenters. The Labute approximate surface area is 108 Å². The maximum absolute atomic E-state index is 12.2. The first-order valence-corrected chi connectivity index (χ1v) is 6.05. The quantitative estimate of drug-likeness (QED) is 0.808. The molecule has 0 aliphatic carbocycles. The molecule has 1 aromatic carbocycles. The first-order valence-electron chi connectivity index (χ1n) is 5.26. The minimum Gasteiger partial charge on any atom is -0.348 e. The van der Waals surface area contributed by atoms with Crippen molar-refractivity contribution in [3.05, 3.63) is 32.5 Å². The topological polar surface area (TPSA) is 38.1 Å². The lowest BCUT2D eigenvalue weighted by atomic mass is 10.2. The van der Waals surface area contributed by atoms with Crippen LogP contribution in [0.3, 0.4) is 0 Å². The fourth-order valence-electron chi connectivity index (χ4n) is 1.86. The summed E-state index contributed by atoms with van der Waals surface area (Å²) in [5, 5.41) is 0.643. The summed E-state index contributed by atoms with van der Waals surface area (Å²) in [4.78, 5) is 18.6. The van der Waals surface area contributed by atoms with Crippen LogP contribution in [0.15, 0.2) is 21.4 Å². The Morgan fingerprint density at radius 3 is 2.59 bits per heavy atom. The highest BCUT2D eigenvalue weighted by atomic mass is 79.9. The normalized spacial score (nSPS) is 10.9. The second-order valence-corrected chi connectivity index (χ2v) is 5.17. The van der Waals surface area contributed by atoms with E-state index in [-0.39, 0.29) is 5.56 Å². The number of fused-ring (bicyclic) bond motifs is 1. The Hall–Kier alpha value is -1.36. The molecule has 0 amide bonds. The van der Waals surface area contributed by atoms with Crippen LogP contribution in [0, 0.1) is 6.92 Å². The van der Waals surface area contributed by atoms with Crippen molar-refractivity contribution in [1.82, 2.24) is 9.55 Å². The molecule has 0 unspecified atom stereocenters. The minimum atomic E-state index is -0.0249. The molecular weight excluding hydrogens is 282 g/mol. The number of aryl methyl sites for hydroxylation is 1. The maximum atomic E-state index is 12.2. The monoisotopic (exact) mass is 295 g/mol. The van der Waals surface area contributed by atoms with E-state index in [1.165, 1.54) is 0 Å². The largest absolute Gasteiger partial charge is 0.348 e. The highest BCUT2D eigenvalue weighted by Crippen LogP contribution is 2.23. The fourth-order valence-corrected chi connectivity index (χ4v) is 2.52. The molecule has 5 heteroatoms. The van der Waals surface area contributed by atoms with Gasteiger partial charge in [-0.3, -0.25) is 9.36 Å². The molecule has 2 rings (SSSR count). The van der Waals surface area contributed by atoms with Gasteiger partial charge >= 0.3 is 0 Å². The zero-order valence-electron chi connectivity index (χ0n) is 10.3. The molecule has 2 aromatic rings. The van der Waals surface area contributed by atoms with Crippen LogP contribution in [0.1, 0.15) is 5.56 Å². The van der Waals surface area contributed by atoms with E-state index < -0.39 is 0 Å². The number of rotatable bonds is 1. The average Bonchev–Trinajstić information content (AvgIpc) is 2.23. The number of nitrogens with zero attached hydrogens (tertiary/aromatic N) is 3. The van der Waals surface area contributed by atoms with Crippen molar-refractivity contribution in [2.75, 3.05) is 19.0 Å². The maximum Gasteiger partial charge on any atom is 0.262 e. The third-order valence-electron chi connectivity index (χ3n) is 2.65. The summed E-state index contributed by atoms with van der Waals surface area (Å²) in [7, 11) is 5.48. The SMILES string of the molecule is Cc1cc(Br)c2nc(N(C)C)n(C)c(=O)c2c1. The molecule has 0 aliphatic rings. The van der Waals surface area contributed by atoms with Crippen molar-refractivity contribution in [2.45, 2.75) is 6.92 Å². The molecule has 0 bridgehead atoms. The zero-order chi connectivity index (χ0) is 12.7. The number of benzene rings is 1. The molecule has 0 aliphatic heterocycles. The average molecular weight is 296 g/mol. The summed E-state index contributed by atoms with van der Waals surface area (Å²) >= 11 is 3.46. The lowest BCUT2D eigenvalue weighted by molar-refractivity contribution is 0.810. The van der Waals surface area contributed by atoms with E-state index in [9.17, 15) is 4.79 Å². The highest BCUT2D eigenvalue weighted by molar-refractivity contribution is 9.10. The molecule has 0 radical (unpaired) electrons. The van der Waals surface area contributed by atoms with Crippen LogP contribution >= 0.6 is 15.9 Å². The number of aromatic nitrogens is 2. The van der Waals surface area contributed by atoms with Crippen LogP contribution in [0.2, 0.25) is 0 Å². The van der Waals surface area contributed by atoms with Gasteiger partial charge in [0.1, 0.15) is 0 Å². The highest BCUT2D eigenvalue weighted by Gasteiger charge is 2.12. The first-order chi connectivity index (χ1) is 7.91. The summed E-state index contributed by atoms with van der Waals surface area (Å²) in [5.41, 5.74) is 1.73. The third kappa shape index (κ3) is 1.95. The predicted molar refractivity (Wildman–Crippen MR) is 73.7 cm³/mol. The first kappa shape index (κ1) is 12.1. The molecule has 0 saturated heterocycles. The van der Waals surface area contributed by atoms with Gasteiger partial charge in [-0.2, -0.15) is 0 Å². The van der Waals surface area contributed by atoms with Crippen molar-refractivity contribution in [2.24, 2.45) is 7.05 Å². The van der Waals surface area contributed by atoms with Gasteiger partial charge in [0.2, 0.25) is 5.95 Å².